The van der Waals surface area contributed by atoms with E-state index in [9.17, 15) is 10.2 Å². The lowest BCUT2D eigenvalue weighted by molar-refractivity contribution is -0.695. The van der Waals surface area contributed by atoms with Gasteiger partial charge >= 0.3 is 0 Å². The van der Waals surface area contributed by atoms with Crippen LogP contribution in [-0.4, -0.2) is 20.2 Å². The molecule has 0 fully saturated rings. The second-order valence-corrected chi connectivity index (χ2v) is 9.29. The lowest BCUT2D eigenvalue weighted by Crippen LogP contribution is -2.38. The zero-order valence-corrected chi connectivity index (χ0v) is 20.0. The Morgan fingerprint density at radius 3 is 1.56 bits per heavy atom. The molecule has 178 valence electrons. The highest BCUT2D eigenvalue weighted by atomic mass is 35.5. The largest absolute Gasteiger partial charge is 0.508 e. The minimum atomic E-state index is -0.319. The van der Waals surface area contributed by atoms with E-state index in [1.165, 1.54) is 0 Å². The van der Waals surface area contributed by atoms with E-state index in [-0.39, 0.29) is 22.3 Å². The van der Waals surface area contributed by atoms with Gasteiger partial charge in [-0.1, -0.05) is 0 Å². The van der Waals surface area contributed by atoms with Crippen LogP contribution in [-0.2, 0) is 13.1 Å². The van der Waals surface area contributed by atoms with Crippen LogP contribution in [0.5, 0.6) is 11.5 Å². The molecular weight excluding hydrogens is 475 g/mol. The molecule has 8 N–H and O–H groups in total. The Kier molecular flexibility index (Phi) is 7.19. The summed E-state index contributed by atoms with van der Waals surface area (Å²) in [4.78, 5) is 6.39. The molecule has 0 bridgehead atoms. The zero-order chi connectivity index (χ0) is 24.2. The fourth-order valence-electron chi connectivity index (χ4n) is 3.97. The first kappa shape index (κ1) is 23.8. The van der Waals surface area contributed by atoms with Crippen LogP contribution in [0.15, 0.2) is 61.2 Å². The molecule has 0 aliphatic rings. The molecule has 34 heavy (non-hydrogen) atoms. The summed E-state index contributed by atoms with van der Waals surface area (Å²) in [6, 6.07) is 9.99. The van der Waals surface area contributed by atoms with Crippen molar-refractivity contribution in [2.75, 3.05) is 11.5 Å². The van der Waals surface area contributed by atoms with Gasteiger partial charge in [-0.25, -0.2) is 19.1 Å². The standard InChI is InChI=1S/C24H26Cl2N6O2/c25-19(23-29-7-9-31(23)13-15-11-17(27)1-5-21(15)33)3-4-20(26)24-30-8-10-32(24)14-16-12-18(28)2-6-22(16)34/h1-2,5-12,19-20,33-34H,3-4,13-14,27-28H2/p+2. The number of nitrogens with one attached hydrogen (secondary N) is 2. The summed E-state index contributed by atoms with van der Waals surface area (Å²) in [7, 11) is 0. The van der Waals surface area contributed by atoms with Crippen molar-refractivity contribution < 1.29 is 19.3 Å². The quantitative estimate of drug-likeness (QED) is 0.0901. The normalized spacial score (nSPS) is 13.1. The molecule has 10 heteroatoms. The third kappa shape index (κ3) is 5.40. The maximum atomic E-state index is 10.2. The number of imidazole rings is 2. The smallest absolute Gasteiger partial charge is 0.272 e. The van der Waals surface area contributed by atoms with Crippen LogP contribution in [0.2, 0.25) is 0 Å². The van der Waals surface area contributed by atoms with Gasteiger partial charge in [-0.3, -0.25) is 0 Å². The third-order valence-electron chi connectivity index (χ3n) is 5.75. The average molecular weight is 503 g/mol. The number of benzene rings is 2. The predicted molar refractivity (Wildman–Crippen MR) is 132 cm³/mol. The SMILES string of the molecule is Nc1ccc(O)c(C[n+]2cc[nH]c2C(Cl)CCC(Cl)c2[nH]cc[n+]2Cc2cc(N)ccc2O)c1. The number of rotatable bonds is 9. The number of aromatic hydroxyl groups is 2. The van der Waals surface area contributed by atoms with Crippen molar-refractivity contribution in [3.8, 4) is 11.5 Å². The number of nitrogen functional groups attached to an aromatic ring is 2. The summed E-state index contributed by atoms with van der Waals surface area (Å²) in [5.41, 5.74) is 14.3. The number of halogens is 2. The van der Waals surface area contributed by atoms with Crippen LogP contribution in [0, 0.1) is 0 Å². The number of phenols is 2. The predicted octanol–water partition coefficient (Wildman–Crippen LogP) is 3.63. The summed E-state index contributed by atoms with van der Waals surface area (Å²) in [6.45, 7) is 0.868. The van der Waals surface area contributed by atoms with Crippen LogP contribution in [0.3, 0.4) is 0 Å². The van der Waals surface area contributed by atoms with E-state index in [0.29, 0.717) is 48.4 Å². The maximum Gasteiger partial charge on any atom is 0.272 e. The highest BCUT2D eigenvalue weighted by Gasteiger charge is 2.27. The fraction of sp³-hybridized carbons (Fsp3) is 0.250. The van der Waals surface area contributed by atoms with Crippen LogP contribution in [0.25, 0.3) is 0 Å². The molecule has 2 aromatic carbocycles. The van der Waals surface area contributed by atoms with Crippen molar-refractivity contribution >= 4 is 34.6 Å². The Bertz CT molecular complexity index is 1170. The number of hydrogen-bond donors (Lipinski definition) is 6. The van der Waals surface area contributed by atoms with Gasteiger partial charge in [0.15, 0.2) is 0 Å². The van der Waals surface area contributed by atoms with Crippen molar-refractivity contribution in [3.05, 3.63) is 84.0 Å². The second kappa shape index (κ2) is 10.3. The van der Waals surface area contributed by atoms with Gasteiger partial charge in [-0.05, 0) is 49.2 Å². The van der Waals surface area contributed by atoms with Gasteiger partial charge in [0.2, 0.25) is 0 Å². The summed E-state index contributed by atoms with van der Waals surface area (Å²) in [5, 5.41) is 19.7. The van der Waals surface area contributed by atoms with Crippen LogP contribution in [0.1, 0.15) is 46.4 Å². The molecule has 8 nitrogen and oxygen atoms in total. The Morgan fingerprint density at radius 2 is 1.15 bits per heavy atom. The lowest BCUT2D eigenvalue weighted by atomic mass is 10.1. The molecule has 0 saturated heterocycles. The van der Waals surface area contributed by atoms with Crippen molar-refractivity contribution in [2.24, 2.45) is 0 Å². The number of aromatic amines is 2. The third-order valence-corrected chi connectivity index (χ3v) is 6.60. The van der Waals surface area contributed by atoms with Gasteiger partial charge in [0.05, 0.1) is 0 Å². The summed E-state index contributed by atoms with van der Waals surface area (Å²) in [5.74, 6) is 2.00. The molecule has 2 unspecified atom stereocenters. The Morgan fingerprint density at radius 1 is 0.735 bits per heavy atom. The first-order chi connectivity index (χ1) is 16.3. The molecule has 2 atom stereocenters. The zero-order valence-electron chi connectivity index (χ0n) is 18.5. The number of nitrogens with zero attached hydrogens (tertiary/aromatic N) is 2. The van der Waals surface area contributed by atoms with E-state index >= 15 is 0 Å². The molecule has 0 aliphatic carbocycles. The first-order valence-electron chi connectivity index (χ1n) is 10.9. The summed E-state index contributed by atoms with van der Waals surface area (Å²) in [6.07, 6.45) is 8.60. The molecule has 2 aromatic heterocycles. The van der Waals surface area contributed by atoms with Crippen LogP contribution < -0.4 is 20.6 Å². The van der Waals surface area contributed by atoms with Crippen molar-refractivity contribution in [3.63, 3.8) is 0 Å². The molecular formula is C24H28Cl2N6O2+2. The van der Waals surface area contributed by atoms with Crippen molar-refractivity contribution in [1.82, 2.24) is 9.97 Å². The number of aromatic nitrogens is 4. The molecule has 0 radical (unpaired) electrons. The van der Waals surface area contributed by atoms with E-state index in [1.54, 1.807) is 36.4 Å². The molecule has 2 heterocycles. The number of alkyl halides is 2. The van der Waals surface area contributed by atoms with Gasteiger partial charge in [0, 0.05) is 22.5 Å². The van der Waals surface area contributed by atoms with E-state index in [0.717, 1.165) is 11.6 Å². The van der Waals surface area contributed by atoms with Gasteiger partial charge < -0.3 is 21.7 Å². The maximum absolute atomic E-state index is 10.2. The highest BCUT2D eigenvalue weighted by Crippen LogP contribution is 2.30. The minimum absolute atomic E-state index is 0.184. The van der Waals surface area contributed by atoms with E-state index in [1.807, 2.05) is 33.9 Å². The molecule has 0 aliphatic heterocycles. The van der Waals surface area contributed by atoms with E-state index in [2.05, 4.69) is 9.97 Å². The Balaban J connectivity index is 1.41. The lowest BCUT2D eigenvalue weighted by Gasteiger charge is -2.11. The Hall–Kier alpha value is -3.36. The molecule has 0 spiro atoms. The number of phenolic OH excluding ortho intramolecular Hbond substituents is 2. The molecule has 4 rings (SSSR count). The van der Waals surface area contributed by atoms with Gasteiger partial charge in [0.1, 0.15) is 60.1 Å². The summed E-state index contributed by atoms with van der Waals surface area (Å²) >= 11 is 13.5. The molecule has 4 aromatic rings. The van der Waals surface area contributed by atoms with Gasteiger partial charge in [-0.2, -0.15) is 0 Å². The number of anilines is 2. The molecule has 0 saturated carbocycles. The second-order valence-electron chi connectivity index (χ2n) is 8.24. The van der Waals surface area contributed by atoms with E-state index in [4.69, 9.17) is 34.7 Å². The summed E-state index contributed by atoms with van der Waals surface area (Å²) < 4.78 is 3.90. The van der Waals surface area contributed by atoms with E-state index < -0.39 is 0 Å². The number of hydrogen-bond acceptors (Lipinski definition) is 4. The van der Waals surface area contributed by atoms with Gasteiger partial charge in [-0.15, -0.1) is 23.2 Å². The van der Waals surface area contributed by atoms with Crippen LogP contribution >= 0.6 is 23.2 Å². The topological polar surface area (TPSA) is 132 Å². The monoisotopic (exact) mass is 502 g/mol. The first-order valence-corrected chi connectivity index (χ1v) is 11.8. The number of H-pyrrole nitrogens is 2. The van der Waals surface area contributed by atoms with Gasteiger partial charge in [0.25, 0.3) is 11.6 Å². The number of nitrogens with two attached hydrogens (primary N) is 2. The van der Waals surface area contributed by atoms with Crippen LogP contribution in [0.4, 0.5) is 11.4 Å². The van der Waals surface area contributed by atoms with Crippen molar-refractivity contribution in [1.29, 1.82) is 0 Å². The average Bonchev–Trinajstić information content (AvgIpc) is 3.46. The minimum Gasteiger partial charge on any atom is -0.508 e. The van der Waals surface area contributed by atoms with Crippen molar-refractivity contribution in [2.45, 2.75) is 36.7 Å². The highest BCUT2D eigenvalue weighted by molar-refractivity contribution is 6.21. The Labute approximate surface area is 207 Å². The molecule has 0 amide bonds. The fourth-order valence-corrected chi connectivity index (χ4v) is 4.59.